The Morgan fingerprint density at radius 2 is 1.95 bits per heavy atom. The van der Waals surface area contributed by atoms with Crippen LogP contribution in [-0.4, -0.2) is 30.1 Å². The normalized spacial score (nSPS) is 14.7. The third kappa shape index (κ3) is 3.17. The van der Waals surface area contributed by atoms with Crippen LogP contribution in [0.3, 0.4) is 0 Å². The smallest absolute Gasteiger partial charge is 0.335 e. The molecule has 0 saturated carbocycles. The van der Waals surface area contributed by atoms with Gasteiger partial charge in [-0.3, -0.25) is 4.79 Å². The zero-order chi connectivity index (χ0) is 14.5. The number of hydrogen-bond donors (Lipinski definition) is 2. The van der Waals surface area contributed by atoms with Crippen molar-refractivity contribution < 1.29 is 14.7 Å². The van der Waals surface area contributed by atoms with Crippen LogP contribution >= 0.6 is 0 Å². The standard InChI is InChI=1S/C15H18N2O3/c1-2-14(18)16-12-7-6-11(15(19)20)10-13(12)17-8-4-3-5-9-17/h2,6-7,10H,1,3-5,8-9H2,(H,16,18)(H,19,20). The minimum absolute atomic E-state index is 0.224. The van der Waals surface area contributed by atoms with Gasteiger partial charge in [0.2, 0.25) is 5.91 Å². The number of benzene rings is 1. The van der Waals surface area contributed by atoms with E-state index in [-0.39, 0.29) is 11.5 Å². The van der Waals surface area contributed by atoms with Crippen molar-refractivity contribution in [3.63, 3.8) is 0 Å². The van der Waals surface area contributed by atoms with Crippen LogP contribution in [0.2, 0.25) is 0 Å². The first-order valence-corrected chi connectivity index (χ1v) is 6.67. The number of rotatable bonds is 4. The van der Waals surface area contributed by atoms with E-state index in [2.05, 4.69) is 16.8 Å². The molecule has 0 unspecified atom stereocenters. The molecule has 2 rings (SSSR count). The highest BCUT2D eigenvalue weighted by Crippen LogP contribution is 2.30. The van der Waals surface area contributed by atoms with E-state index >= 15 is 0 Å². The van der Waals surface area contributed by atoms with Crippen molar-refractivity contribution in [3.05, 3.63) is 36.4 Å². The maximum absolute atomic E-state index is 11.5. The average molecular weight is 274 g/mol. The van der Waals surface area contributed by atoms with Crippen molar-refractivity contribution in [2.45, 2.75) is 19.3 Å². The molecule has 5 heteroatoms. The van der Waals surface area contributed by atoms with Crippen LogP contribution in [-0.2, 0) is 4.79 Å². The topological polar surface area (TPSA) is 69.6 Å². The largest absolute Gasteiger partial charge is 0.478 e. The molecule has 1 fully saturated rings. The molecule has 0 aromatic heterocycles. The first-order chi connectivity index (χ1) is 9.61. The number of aromatic carboxylic acids is 1. The summed E-state index contributed by atoms with van der Waals surface area (Å²) < 4.78 is 0. The minimum Gasteiger partial charge on any atom is -0.478 e. The molecule has 1 heterocycles. The number of carbonyl (C=O) groups excluding carboxylic acids is 1. The van der Waals surface area contributed by atoms with Crippen LogP contribution in [0.1, 0.15) is 29.6 Å². The van der Waals surface area contributed by atoms with E-state index in [1.54, 1.807) is 12.1 Å². The first-order valence-electron chi connectivity index (χ1n) is 6.67. The Hall–Kier alpha value is -2.30. The molecule has 1 aliphatic rings. The van der Waals surface area contributed by atoms with E-state index in [4.69, 9.17) is 5.11 Å². The predicted octanol–water partition coefficient (Wildman–Crippen LogP) is 2.50. The second-order valence-electron chi connectivity index (χ2n) is 4.78. The Morgan fingerprint density at radius 3 is 2.55 bits per heavy atom. The van der Waals surface area contributed by atoms with Gasteiger partial charge in [-0.25, -0.2) is 4.79 Å². The number of amides is 1. The summed E-state index contributed by atoms with van der Waals surface area (Å²) in [5.41, 5.74) is 1.61. The van der Waals surface area contributed by atoms with Gasteiger partial charge < -0.3 is 15.3 Å². The fourth-order valence-electron chi connectivity index (χ4n) is 2.35. The summed E-state index contributed by atoms with van der Waals surface area (Å²) >= 11 is 0. The number of carboxylic acid groups (broad SMARTS) is 1. The second kappa shape index (κ2) is 6.23. The molecule has 0 atom stereocenters. The second-order valence-corrected chi connectivity index (χ2v) is 4.78. The van der Waals surface area contributed by atoms with E-state index in [1.165, 1.54) is 18.6 Å². The van der Waals surface area contributed by atoms with Gasteiger partial charge in [0.25, 0.3) is 0 Å². The number of anilines is 2. The zero-order valence-corrected chi connectivity index (χ0v) is 11.3. The van der Waals surface area contributed by atoms with Crippen LogP contribution < -0.4 is 10.2 Å². The Morgan fingerprint density at radius 1 is 1.25 bits per heavy atom. The first kappa shape index (κ1) is 14.1. The number of carbonyl (C=O) groups is 2. The molecular weight excluding hydrogens is 256 g/mol. The lowest BCUT2D eigenvalue weighted by Crippen LogP contribution is -2.30. The van der Waals surface area contributed by atoms with Crippen LogP contribution in [0.4, 0.5) is 11.4 Å². The van der Waals surface area contributed by atoms with E-state index in [1.807, 2.05) is 0 Å². The molecule has 1 amide bonds. The van der Waals surface area contributed by atoms with E-state index in [0.717, 1.165) is 31.6 Å². The third-order valence-electron chi connectivity index (χ3n) is 3.38. The summed E-state index contributed by atoms with van der Waals surface area (Å²) in [6.45, 7) is 5.18. The Labute approximate surface area is 117 Å². The molecule has 1 aromatic rings. The van der Waals surface area contributed by atoms with Crippen molar-refractivity contribution in [3.8, 4) is 0 Å². The average Bonchev–Trinajstić information content (AvgIpc) is 2.48. The van der Waals surface area contributed by atoms with E-state index in [9.17, 15) is 9.59 Å². The summed E-state index contributed by atoms with van der Waals surface area (Å²) in [5, 5.41) is 11.8. The fraction of sp³-hybridized carbons (Fsp3) is 0.333. The molecule has 0 bridgehead atoms. The third-order valence-corrected chi connectivity index (χ3v) is 3.38. The van der Waals surface area contributed by atoms with Crippen molar-refractivity contribution in [1.82, 2.24) is 0 Å². The van der Waals surface area contributed by atoms with Gasteiger partial charge >= 0.3 is 5.97 Å². The van der Waals surface area contributed by atoms with Crippen molar-refractivity contribution in [2.24, 2.45) is 0 Å². The van der Waals surface area contributed by atoms with Crippen LogP contribution in [0.25, 0.3) is 0 Å². The summed E-state index contributed by atoms with van der Waals surface area (Å²) in [6.07, 6.45) is 4.53. The molecule has 2 N–H and O–H groups in total. The fourth-order valence-corrected chi connectivity index (χ4v) is 2.35. The molecule has 106 valence electrons. The molecular formula is C15H18N2O3. The van der Waals surface area contributed by atoms with Crippen molar-refractivity contribution >= 4 is 23.3 Å². The lowest BCUT2D eigenvalue weighted by Gasteiger charge is -2.30. The molecule has 1 saturated heterocycles. The minimum atomic E-state index is -0.968. The molecule has 0 aliphatic carbocycles. The maximum Gasteiger partial charge on any atom is 0.335 e. The van der Waals surface area contributed by atoms with Gasteiger partial charge in [0.05, 0.1) is 16.9 Å². The summed E-state index contributed by atoms with van der Waals surface area (Å²) in [5.74, 6) is -1.27. The Bertz CT molecular complexity index is 534. The van der Waals surface area contributed by atoms with Gasteiger partial charge in [0.1, 0.15) is 0 Å². The molecule has 1 aromatic carbocycles. The van der Waals surface area contributed by atoms with Crippen LogP contribution in [0.5, 0.6) is 0 Å². The Kier molecular flexibility index (Phi) is 4.40. The number of hydrogen-bond acceptors (Lipinski definition) is 3. The van der Waals surface area contributed by atoms with Gasteiger partial charge in [-0.2, -0.15) is 0 Å². The predicted molar refractivity (Wildman–Crippen MR) is 78.3 cm³/mol. The number of piperidine rings is 1. The zero-order valence-electron chi connectivity index (χ0n) is 11.3. The van der Waals surface area contributed by atoms with Crippen LogP contribution in [0, 0.1) is 0 Å². The highest BCUT2D eigenvalue weighted by molar-refractivity contribution is 6.02. The van der Waals surface area contributed by atoms with Gasteiger partial charge in [0.15, 0.2) is 0 Å². The van der Waals surface area contributed by atoms with Gasteiger partial charge in [-0.1, -0.05) is 6.58 Å². The SMILES string of the molecule is C=CC(=O)Nc1ccc(C(=O)O)cc1N1CCCCC1. The molecule has 20 heavy (non-hydrogen) atoms. The monoisotopic (exact) mass is 274 g/mol. The number of nitrogens with one attached hydrogen (secondary N) is 1. The Balaban J connectivity index is 2.36. The van der Waals surface area contributed by atoms with Gasteiger partial charge in [-0.05, 0) is 43.5 Å². The van der Waals surface area contributed by atoms with Crippen LogP contribution in [0.15, 0.2) is 30.9 Å². The van der Waals surface area contributed by atoms with Crippen molar-refractivity contribution in [1.29, 1.82) is 0 Å². The molecule has 0 spiro atoms. The molecule has 1 aliphatic heterocycles. The summed E-state index contributed by atoms with van der Waals surface area (Å²) in [7, 11) is 0. The molecule has 0 radical (unpaired) electrons. The molecule has 5 nitrogen and oxygen atoms in total. The maximum atomic E-state index is 11.5. The van der Waals surface area contributed by atoms with E-state index in [0.29, 0.717) is 5.69 Å². The van der Waals surface area contributed by atoms with Gasteiger partial charge in [-0.15, -0.1) is 0 Å². The number of carboxylic acids is 1. The van der Waals surface area contributed by atoms with E-state index < -0.39 is 5.97 Å². The lowest BCUT2D eigenvalue weighted by molar-refractivity contribution is -0.111. The summed E-state index contributed by atoms with van der Waals surface area (Å²) in [4.78, 5) is 24.7. The number of nitrogens with zero attached hydrogens (tertiary/aromatic N) is 1. The summed E-state index contributed by atoms with van der Waals surface area (Å²) in [6, 6.07) is 4.75. The van der Waals surface area contributed by atoms with Gasteiger partial charge in [0, 0.05) is 13.1 Å². The quantitative estimate of drug-likeness (QED) is 0.828. The van der Waals surface area contributed by atoms with Crippen molar-refractivity contribution in [2.75, 3.05) is 23.3 Å². The highest BCUT2D eigenvalue weighted by Gasteiger charge is 2.17. The highest BCUT2D eigenvalue weighted by atomic mass is 16.4. The lowest BCUT2D eigenvalue weighted by atomic mass is 10.1.